The Kier molecular flexibility index (Phi) is 4.08. The fourth-order valence-electron chi connectivity index (χ4n) is 2.52. The highest BCUT2D eigenvalue weighted by Gasteiger charge is 2.42. The molecule has 0 spiro atoms. The van der Waals surface area contributed by atoms with Crippen LogP contribution in [0.5, 0.6) is 0 Å². The lowest BCUT2D eigenvalue weighted by Gasteiger charge is -2.41. The first-order valence-electron chi connectivity index (χ1n) is 7.21. The minimum atomic E-state index is -4.39. The van der Waals surface area contributed by atoms with Gasteiger partial charge in [0.2, 0.25) is 0 Å². The number of carbonyl (C=O) groups excluding carboxylic acids is 1. The van der Waals surface area contributed by atoms with Crippen LogP contribution in [0.3, 0.4) is 0 Å². The first kappa shape index (κ1) is 16.2. The van der Waals surface area contributed by atoms with Gasteiger partial charge in [-0.2, -0.15) is 18.4 Å². The van der Waals surface area contributed by atoms with E-state index >= 15 is 0 Å². The second-order valence-corrected chi connectivity index (χ2v) is 5.45. The van der Waals surface area contributed by atoms with E-state index in [1.165, 1.54) is 18.2 Å². The van der Waals surface area contributed by atoms with Crippen LogP contribution in [0.4, 0.5) is 13.2 Å². The van der Waals surface area contributed by atoms with E-state index < -0.39 is 23.3 Å². The van der Waals surface area contributed by atoms with Crippen LogP contribution in [0.25, 0.3) is 6.08 Å². The van der Waals surface area contributed by atoms with Crippen LogP contribution in [0.15, 0.2) is 30.3 Å². The molecule has 0 aliphatic heterocycles. The van der Waals surface area contributed by atoms with E-state index in [1.54, 1.807) is 0 Å². The largest absolute Gasteiger partial charge is 0.451 e. The molecule has 2 aromatic rings. The Bertz CT molecular complexity index is 735. The zero-order valence-corrected chi connectivity index (χ0v) is 12.4. The number of tetrazole rings is 1. The molecular weight excluding hydrogens is 325 g/mol. The quantitative estimate of drug-likeness (QED) is 0.685. The monoisotopic (exact) mass is 338 g/mol. The van der Waals surface area contributed by atoms with Crippen molar-refractivity contribution in [2.24, 2.45) is 0 Å². The maximum absolute atomic E-state index is 12.6. The van der Waals surface area contributed by atoms with Gasteiger partial charge in [-0.3, -0.25) is 0 Å². The fourth-order valence-corrected chi connectivity index (χ4v) is 2.52. The minimum absolute atomic E-state index is 0.226. The smallest absolute Gasteiger partial charge is 0.416 e. The number of halogens is 3. The maximum Gasteiger partial charge on any atom is 0.416 e. The van der Waals surface area contributed by atoms with Crippen molar-refractivity contribution in [3.63, 3.8) is 0 Å². The van der Waals surface area contributed by atoms with Gasteiger partial charge in [-0.1, -0.05) is 12.1 Å². The number of benzene rings is 1. The number of aromatic nitrogens is 4. The lowest BCUT2D eigenvalue weighted by Crippen LogP contribution is -2.38. The molecular formula is C15H13F3N4O2. The van der Waals surface area contributed by atoms with Gasteiger partial charge in [0.15, 0.2) is 5.82 Å². The molecule has 3 rings (SSSR count). The van der Waals surface area contributed by atoms with Gasteiger partial charge in [0.05, 0.1) is 5.56 Å². The topological polar surface area (TPSA) is 80.8 Å². The van der Waals surface area contributed by atoms with Gasteiger partial charge in [0, 0.05) is 6.08 Å². The van der Waals surface area contributed by atoms with E-state index in [-0.39, 0.29) is 5.82 Å². The van der Waals surface area contributed by atoms with Gasteiger partial charge in [-0.05, 0) is 48.2 Å². The molecule has 1 fully saturated rings. The molecule has 1 aromatic heterocycles. The van der Waals surface area contributed by atoms with Gasteiger partial charge < -0.3 is 4.74 Å². The van der Waals surface area contributed by atoms with Crippen LogP contribution in [-0.4, -0.2) is 26.6 Å². The van der Waals surface area contributed by atoms with Crippen LogP contribution in [0.2, 0.25) is 0 Å². The molecule has 1 aliphatic carbocycles. The summed E-state index contributed by atoms with van der Waals surface area (Å²) in [6, 6.07) is 4.72. The van der Waals surface area contributed by atoms with E-state index in [0.717, 1.165) is 24.6 Å². The van der Waals surface area contributed by atoms with Crippen LogP contribution in [0, 0.1) is 0 Å². The normalized spacial score (nSPS) is 16.8. The summed E-state index contributed by atoms with van der Waals surface area (Å²) in [4.78, 5) is 12.0. The van der Waals surface area contributed by atoms with Crippen molar-refractivity contribution in [2.75, 3.05) is 0 Å². The molecule has 9 heteroatoms. The third kappa shape index (κ3) is 3.29. The predicted molar refractivity (Wildman–Crippen MR) is 76.3 cm³/mol. The summed E-state index contributed by atoms with van der Waals surface area (Å²) in [6.07, 6.45) is 0.0818. The highest BCUT2D eigenvalue weighted by atomic mass is 19.4. The third-order valence-corrected chi connectivity index (χ3v) is 3.93. The Morgan fingerprint density at radius 1 is 1.25 bits per heavy atom. The van der Waals surface area contributed by atoms with Crippen LogP contribution < -0.4 is 0 Å². The second-order valence-electron chi connectivity index (χ2n) is 5.45. The van der Waals surface area contributed by atoms with Crippen LogP contribution in [-0.2, 0) is 21.3 Å². The molecule has 1 aliphatic rings. The number of nitrogens with one attached hydrogen (secondary N) is 1. The summed E-state index contributed by atoms with van der Waals surface area (Å²) < 4.78 is 43.4. The first-order chi connectivity index (χ1) is 11.4. The minimum Gasteiger partial charge on any atom is -0.451 e. The Hall–Kier alpha value is -2.71. The summed E-state index contributed by atoms with van der Waals surface area (Å²) in [5, 5.41) is 12.9. The summed E-state index contributed by atoms with van der Waals surface area (Å²) >= 11 is 0. The van der Waals surface area contributed by atoms with Crippen molar-refractivity contribution in [1.29, 1.82) is 0 Å². The SMILES string of the molecule is O=C(/C=C/c1nn[nH]n1)OC1(c2ccc(C(F)(F)F)cc2)CCC1. The molecule has 0 atom stereocenters. The summed E-state index contributed by atoms with van der Waals surface area (Å²) in [7, 11) is 0. The average molecular weight is 338 g/mol. The molecule has 1 heterocycles. The van der Waals surface area contributed by atoms with Crippen molar-refractivity contribution in [1.82, 2.24) is 20.6 Å². The number of esters is 1. The van der Waals surface area contributed by atoms with E-state index in [2.05, 4.69) is 20.6 Å². The maximum atomic E-state index is 12.6. The third-order valence-electron chi connectivity index (χ3n) is 3.93. The summed E-state index contributed by atoms with van der Waals surface area (Å²) in [6.45, 7) is 0. The predicted octanol–water partition coefficient (Wildman–Crippen LogP) is 2.85. The van der Waals surface area contributed by atoms with Gasteiger partial charge in [0.1, 0.15) is 5.60 Å². The second kappa shape index (κ2) is 6.06. The lowest BCUT2D eigenvalue weighted by molar-refractivity contribution is -0.165. The number of alkyl halides is 3. The number of H-pyrrole nitrogens is 1. The van der Waals surface area contributed by atoms with E-state index in [4.69, 9.17) is 4.74 Å². The van der Waals surface area contributed by atoms with Crippen LogP contribution in [0.1, 0.15) is 36.2 Å². The Morgan fingerprint density at radius 3 is 2.46 bits per heavy atom. The number of hydrogen-bond acceptors (Lipinski definition) is 5. The molecule has 6 nitrogen and oxygen atoms in total. The van der Waals surface area contributed by atoms with Crippen molar-refractivity contribution >= 4 is 12.0 Å². The van der Waals surface area contributed by atoms with Crippen LogP contribution >= 0.6 is 0 Å². The molecule has 0 unspecified atom stereocenters. The molecule has 0 saturated heterocycles. The zero-order chi connectivity index (χ0) is 17.2. The van der Waals surface area contributed by atoms with E-state index in [0.29, 0.717) is 18.4 Å². The van der Waals surface area contributed by atoms with E-state index in [9.17, 15) is 18.0 Å². The molecule has 0 radical (unpaired) electrons. The van der Waals surface area contributed by atoms with Crippen molar-refractivity contribution in [2.45, 2.75) is 31.0 Å². The highest BCUT2D eigenvalue weighted by Crippen LogP contribution is 2.45. The molecule has 0 amide bonds. The first-order valence-corrected chi connectivity index (χ1v) is 7.21. The number of carbonyl (C=O) groups is 1. The molecule has 1 saturated carbocycles. The molecule has 1 N–H and O–H groups in total. The highest BCUT2D eigenvalue weighted by molar-refractivity contribution is 5.86. The lowest BCUT2D eigenvalue weighted by atomic mass is 9.74. The van der Waals surface area contributed by atoms with Gasteiger partial charge in [0.25, 0.3) is 0 Å². The molecule has 24 heavy (non-hydrogen) atoms. The average Bonchev–Trinajstić information content (AvgIpc) is 3.01. The number of aromatic amines is 1. The van der Waals surface area contributed by atoms with E-state index in [1.807, 2.05) is 0 Å². The van der Waals surface area contributed by atoms with Crippen molar-refractivity contribution < 1.29 is 22.7 Å². The zero-order valence-electron chi connectivity index (χ0n) is 12.4. The Morgan fingerprint density at radius 2 is 1.96 bits per heavy atom. The van der Waals surface area contributed by atoms with Gasteiger partial charge in [-0.25, -0.2) is 4.79 Å². The number of hydrogen-bond donors (Lipinski definition) is 1. The molecule has 0 bridgehead atoms. The fraction of sp³-hybridized carbons (Fsp3) is 0.333. The summed E-state index contributed by atoms with van der Waals surface area (Å²) in [5.41, 5.74) is -1.05. The summed E-state index contributed by atoms with van der Waals surface area (Å²) in [5.74, 6) is -0.386. The van der Waals surface area contributed by atoms with Crippen molar-refractivity contribution in [3.05, 3.63) is 47.3 Å². The van der Waals surface area contributed by atoms with Gasteiger partial charge >= 0.3 is 12.1 Å². The number of nitrogens with zero attached hydrogens (tertiary/aromatic N) is 3. The Labute approximate surface area is 134 Å². The number of rotatable bonds is 4. The van der Waals surface area contributed by atoms with Crippen molar-refractivity contribution in [3.8, 4) is 0 Å². The van der Waals surface area contributed by atoms with Gasteiger partial charge in [-0.15, -0.1) is 10.2 Å². The standard InChI is InChI=1S/C15H13F3N4O2/c16-15(17,18)11-4-2-10(3-5-11)14(8-1-9-14)24-13(23)7-6-12-19-21-22-20-12/h2-7H,1,8-9H2,(H,19,20,21,22)/b7-6+. The molecule has 126 valence electrons. The number of ether oxygens (including phenoxy) is 1. The Balaban J connectivity index is 1.73. The molecule has 1 aromatic carbocycles.